The zero-order valence-electron chi connectivity index (χ0n) is 16.6. The SMILES string of the molecule is CCCCCCCNC(=O)CC(NS(=O)(=O)c1ccc(C)cc1)c1ccco1. The van der Waals surface area contributed by atoms with Crippen molar-refractivity contribution in [3.05, 3.63) is 54.0 Å². The molecule has 0 bridgehead atoms. The predicted molar refractivity (Wildman–Crippen MR) is 109 cm³/mol. The van der Waals surface area contributed by atoms with Crippen LogP contribution in [0.15, 0.2) is 52.0 Å². The second-order valence-corrected chi connectivity index (χ2v) is 8.68. The van der Waals surface area contributed by atoms with Crippen molar-refractivity contribution >= 4 is 15.9 Å². The Hall–Kier alpha value is -2.12. The highest BCUT2D eigenvalue weighted by atomic mass is 32.2. The van der Waals surface area contributed by atoms with E-state index < -0.39 is 16.1 Å². The summed E-state index contributed by atoms with van der Waals surface area (Å²) in [5, 5.41) is 2.87. The van der Waals surface area contributed by atoms with Crippen molar-refractivity contribution in [2.45, 2.75) is 63.3 Å². The molecule has 0 radical (unpaired) electrons. The first kappa shape index (κ1) is 22.2. The lowest BCUT2D eigenvalue weighted by Crippen LogP contribution is -2.34. The van der Waals surface area contributed by atoms with Crippen LogP contribution in [0.4, 0.5) is 0 Å². The van der Waals surface area contributed by atoms with Crippen molar-refractivity contribution in [2.75, 3.05) is 6.54 Å². The Labute approximate surface area is 167 Å². The van der Waals surface area contributed by atoms with E-state index in [1.54, 1.807) is 36.4 Å². The number of hydrogen-bond acceptors (Lipinski definition) is 4. The van der Waals surface area contributed by atoms with Crippen LogP contribution in [0.5, 0.6) is 0 Å². The van der Waals surface area contributed by atoms with Crippen LogP contribution in [0.2, 0.25) is 0 Å². The van der Waals surface area contributed by atoms with Crippen LogP contribution in [-0.4, -0.2) is 20.9 Å². The first-order chi connectivity index (χ1) is 13.4. The minimum Gasteiger partial charge on any atom is -0.468 e. The average molecular weight is 407 g/mol. The van der Waals surface area contributed by atoms with Gasteiger partial charge in [0.05, 0.1) is 23.6 Å². The minimum absolute atomic E-state index is 0.0203. The van der Waals surface area contributed by atoms with Gasteiger partial charge in [-0.3, -0.25) is 4.79 Å². The molecule has 0 aliphatic heterocycles. The largest absolute Gasteiger partial charge is 0.468 e. The molecule has 0 saturated carbocycles. The smallest absolute Gasteiger partial charge is 0.241 e. The summed E-state index contributed by atoms with van der Waals surface area (Å²) in [5.74, 6) is 0.206. The van der Waals surface area contributed by atoms with E-state index in [1.807, 2.05) is 6.92 Å². The Bertz CT molecular complexity index is 815. The molecule has 1 atom stereocenters. The van der Waals surface area contributed by atoms with Crippen molar-refractivity contribution in [3.8, 4) is 0 Å². The molecule has 1 aromatic heterocycles. The van der Waals surface area contributed by atoms with E-state index in [-0.39, 0.29) is 17.2 Å². The molecule has 2 aromatic rings. The fraction of sp³-hybridized carbons (Fsp3) is 0.476. The quantitative estimate of drug-likeness (QED) is 0.520. The highest BCUT2D eigenvalue weighted by Gasteiger charge is 2.25. The van der Waals surface area contributed by atoms with Crippen LogP contribution in [0, 0.1) is 6.92 Å². The molecular formula is C21H30N2O4S. The molecule has 2 rings (SSSR count). The van der Waals surface area contributed by atoms with Gasteiger partial charge >= 0.3 is 0 Å². The Kier molecular flexibility index (Phi) is 8.73. The highest BCUT2D eigenvalue weighted by molar-refractivity contribution is 7.89. The fourth-order valence-electron chi connectivity index (χ4n) is 2.88. The lowest BCUT2D eigenvalue weighted by atomic mass is 10.1. The third-order valence-corrected chi connectivity index (χ3v) is 5.99. The maximum Gasteiger partial charge on any atom is 0.241 e. The maximum atomic E-state index is 12.7. The number of carbonyl (C=O) groups is 1. The number of sulfonamides is 1. The number of benzene rings is 1. The lowest BCUT2D eigenvalue weighted by Gasteiger charge is -2.17. The van der Waals surface area contributed by atoms with Crippen molar-refractivity contribution < 1.29 is 17.6 Å². The molecule has 154 valence electrons. The zero-order chi connectivity index (χ0) is 20.4. The Morgan fingerprint density at radius 2 is 1.79 bits per heavy atom. The number of carbonyl (C=O) groups excluding carboxylic acids is 1. The number of rotatable bonds is 12. The second kappa shape index (κ2) is 11.0. The fourth-order valence-corrected chi connectivity index (χ4v) is 4.08. The minimum atomic E-state index is -3.77. The van der Waals surface area contributed by atoms with E-state index >= 15 is 0 Å². The van der Waals surface area contributed by atoms with Crippen molar-refractivity contribution in [1.82, 2.24) is 10.0 Å². The van der Waals surface area contributed by atoms with Crippen LogP contribution in [0.25, 0.3) is 0 Å². The molecule has 0 fully saturated rings. The molecular weight excluding hydrogens is 376 g/mol. The van der Waals surface area contributed by atoms with Crippen LogP contribution in [0.1, 0.15) is 62.8 Å². The first-order valence-electron chi connectivity index (χ1n) is 9.81. The van der Waals surface area contributed by atoms with E-state index in [9.17, 15) is 13.2 Å². The number of nitrogens with one attached hydrogen (secondary N) is 2. The van der Waals surface area contributed by atoms with Gasteiger partial charge in [-0.05, 0) is 37.6 Å². The molecule has 0 aliphatic rings. The summed E-state index contributed by atoms with van der Waals surface area (Å²) >= 11 is 0. The van der Waals surface area contributed by atoms with E-state index in [0.717, 1.165) is 24.8 Å². The summed E-state index contributed by atoms with van der Waals surface area (Å²) in [6.07, 6.45) is 7.00. The third-order valence-electron chi connectivity index (χ3n) is 4.51. The van der Waals surface area contributed by atoms with Gasteiger partial charge < -0.3 is 9.73 Å². The van der Waals surface area contributed by atoms with Crippen LogP contribution in [0.3, 0.4) is 0 Å². The third kappa shape index (κ3) is 7.13. The monoisotopic (exact) mass is 406 g/mol. The van der Waals surface area contributed by atoms with Crippen molar-refractivity contribution in [1.29, 1.82) is 0 Å². The molecule has 2 N–H and O–H groups in total. The molecule has 1 amide bonds. The number of furan rings is 1. The van der Waals surface area contributed by atoms with E-state index in [0.29, 0.717) is 12.3 Å². The number of hydrogen-bond donors (Lipinski definition) is 2. The summed E-state index contributed by atoms with van der Waals surface area (Å²) in [4.78, 5) is 12.5. The Balaban J connectivity index is 1.97. The summed E-state index contributed by atoms with van der Waals surface area (Å²) < 4.78 is 33.4. The van der Waals surface area contributed by atoms with E-state index in [4.69, 9.17) is 4.42 Å². The predicted octanol–water partition coefficient (Wildman–Crippen LogP) is 4.08. The van der Waals surface area contributed by atoms with Gasteiger partial charge in [0.2, 0.25) is 15.9 Å². The second-order valence-electron chi connectivity index (χ2n) is 6.97. The highest BCUT2D eigenvalue weighted by Crippen LogP contribution is 2.21. The first-order valence-corrected chi connectivity index (χ1v) is 11.3. The van der Waals surface area contributed by atoms with Gasteiger partial charge in [0, 0.05) is 6.54 Å². The van der Waals surface area contributed by atoms with Gasteiger partial charge in [0.15, 0.2) is 0 Å². The molecule has 0 spiro atoms. The van der Waals surface area contributed by atoms with Crippen LogP contribution < -0.4 is 10.0 Å². The molecule has 0 aliphatic carbocycles. The molecule has 28 heavy (non-hydrogen) atoms. The van der Waals surface area contributed by atoms with Gasteiger partial charge in [-0.2, -0.15) is 4.72 Å². The number of aryl methyl sites for hydroxylation is 1. The maximum absolute atomic E-state index is 12.7. The lowest BCUT2D eigenvalue weighted by molar-refractivity contribution is -0.121. The van der Waals surface area contributed by atoms with Crippen molar-refractivity contribution in [2.24, 2.45) is 0 Å². The normalized spacial score (nSPS) is 12.6. The molecule has 1 aromatic carbocycles. The summed E-state index contributed by atoms with van der Waals surface area (Å²) in [6, 6.07) is 9.15. The van der Waals surface area contributed by atoms with Gasteiger partial charge in [-0.1, -0.05) is 50.3 Å². The molecule has 1 unspecified atom stereocenters. The van der Waals surface area contributed by atoms with E-state index in [1.165, 1.54) is 19.1 Å². The molecule has 1 heterocycles. The van der Waals surface area contributed by atoms with Gasteiger partial charge in [-0.15, -0.1) is 0 Å². The summed E-state index contributed by atoms with van der Waals surface area (Å²) in [5.41, 5.74) is 0.972. The summed E-state index contributed by atoms with van der Waals surface area (Å²) in [7, 11) is -3.77. The van der Waals surface area contributed by atoms with Gasteiger partial charge in [0.1, 0.15) is 5.76 Å². The van der Waals surface area contributed by atoms with E-state index in [2.05, 4.69) is 17.0 Å². The topological polar surface area (TPSA) is 88.4 Å². The number of amides is 1. The number of unbranched alkanes of at least 4 members (excludes halogenated alkanes) is 4. The van der Waals surface area contributed by atoms with Gasteiger partial charge in [0.25, 0.3) is 0 Å². The standard InChI is InChI=1S/C21H30N2O4S/c1-3-4-5-6-7-14-22-21(24)16-19(20-9-8-15-27-20)23-28(25,26)18-12-10-17(2)11-13-18/h8-13,15,19,23H,3-7,14,16H2,1-2H3,(H,22,24). The molecule has 0 saturated heterocycles. The molecule has 7 heteroatoms. The zero-order valence-corrected chi connectivity index (χ0v) is 17.4. The summed E-state index contributed by atoms with van der Waals surface area (Å²) in [6.45, 7) is 4.65. The van der Waals surface area contributed by atoms with Crippen LogP contribution in [-0.2, 0) is 14.8 Å². The van der Waals surface area contributed by atoms with Gasteiger partial charge in [-0.25, -0.2) is 8.42 Å². The Morgan fingerprint density at radius 3 is 2.43 bits per heavy atom. The van der Waals surface area contributed by atoms with Crippen molar-refractivity contribution in [3.63, 3.8) is 0 Å². The molecule has 6 nitrogen and oxygen atoms in total. The van der Waals surface area contributed by atoms with Crippen LogP contribution >= 0.6 is 0 Å². The average Bonchev–Trinajstić information content (AvgIpc) is 3.19. The Morgan fingerprint density at radius 1 is 1.07 bits per heavy atom.